The summed E-state index contributed by atoms with van der Waals surface area (Å²) in [6.07, 6.45) is 1.57. The lowest BCUT2D eigenvalue weighted by Crippen LogP contribution is -2.16. The van der Waals surface area contributed by atoms with Gasteiger partial charge in [-0.25, -0.2) is 0 Å². The molecule has 1 aromatic rings. The highest BCUT2D eigenvalue weighted by molar-refractivity contribution is 6.00. The van der Waals surface area contributed by atoms with Crippen LogP contribution in [0.25, 0.3) is 0 Å². The van der Waals surface area contributed by atoms with Crippen LogP contribution >= 0.6 is 0 Å². The van der Waals surface area contributed by atoms with Crippen LogP contribution in [0.15, 0.2) is 6.20 Å². The highest BCUT2D eigenvalue weighted by Gasteiger charge is 2.14. The van der Waals surface area contributed by atoms with Crippen LogP contribution in [0, 0.1) is 0 Å². The van der Waals surface area contributed by atoms with Gasteiger partial charge in [-0.2, -0.15) is 5.10 Å². The zero-order valence-electron chi connectivity index (χ0n) is 8.07. The summed E-state index contributed by atoms with van der Waals surface area (Å²) in [6, 6.07) is 0. The molecule has 3 N–H and O–H groups in total. The molecule has 0 radical (unpaired) electrons. The van der Waals surface area contributed by atoms with E-state index < -0.39 is 5.91 Å². The van der Waals surface area contributed by atoms with Crippen LogP contribution in [-0.2, 0) is 11.3 Å². The summed E-state index contributed by atoms with van der Waals surface area (Å²) >= 11 is 0. The maximum Gasteiger partial charge on any atom is 0.271 e. The molecular weight excluding hydrogens is 184 g/mol. The average molecular weight is 196 g/mol. The summed E-state index contributed by atoms with van der Waals surface area (Å²) in [5.41, 5.74) is 5.53. The molecule has 0 unspecified atom stereocenters. The molecule has 2 amide bonds. The second-order valence-electron chi connectivity index (χ2n) is 2.79. The molecule has 0 aliphatic rings. The van der Waals surface area contributed by atoms with Crippen molar-refractivity contribution in [3.8, 4) is 0 Å². The van der Waals surface area contributed by atoms with E-state index in [0.717, 1.165) is 0 Å². The standard InChI is InChI=1S/C8H12N4O2/c1-3-12-4-6(10-5(2)13)7(11-12)8(9)14/h4H,3H2,1-2H3,(H2,9,14)(H,10,13). The summed E-state index contributed by atoms with van der Waals surface area (Å²) in [6.45, 7) is 3.84. The van der Waals surface area contributed by atoms with Crippen molar-refractivity contribution in [1.29, 1.82) is 0 Å². The van der Waals surface area contributed by atoms with Gasteiger partial charge >= 0.3 is 0 Å². The van der Waals surface area contributed by atoms with Gasteiger partial charge in [-0.1, -0.05) is 0 Å². The number of nitrogens with zero attached hydrogens (tertiary/aromatic N) is 2. The minimum Gasteiger partial charge on any atom is -0.364 e. The van der Waals surface area contributed by atoms with Crippen molar-refractivity contribution in [3.63, 3.8) is 0 Å². The maximum absolute atomic E-state index is 10.9. The highest BCUT2D eigenvalue weighted by Crippen LogP contribution is 2.12. The third kappa shape index (κ3) is 2.09. The number of amides is 2. The van der Waals surface area contributed by atoms with E-state index in [1.807, 2.05) is 6.92 Å². The fourth-order valence-corrected chi connectivity index (χ4v) is 1.05. The molecule has 76 valence electrons. The van der Waals surface area contributed by atoms with Gasteiger partial charge in [-0.05, 0) is 6.92 Å². The number of nitrogens with two attached hydrogens (primary N) is 1. The molecule has 6 heteroatoms. The maximum atomic E-state index is 10.9. The summed E-state index contributed by atoms with van der Waals surface area (Å²) in [5.74, 6) is -0.913. The Bertz CT molecular complexity index is 369. The van der Waals surface area contributed by atoms with Crippen LogP contribution in [0.4, 0.5) is 5.69 Å². The SMILES string of the molecule is CCn1cc(NC(C)=O)c(C(N)=O)n1. The van der Waals surface area contributed by atoms with Gasteiger partial charge in [0.1, 0.15) is 0 Å². The van der Waals surface area contributed by atoms with Crippen LogP contribution in [0.2, 0.25) is 0 Å². The molecule has 0 aliphatic carbocycles. The Balaban J connectivity index is 3.05. The van der Waals surface area contributed by atoms with Crippen molar-refractivity contribution in [2.75, 3.05) is 5.32 Å². The Morgan fingerprint density at radius 1 is 1.64 bits per heavy atom. The minimum atomic E-state index is -0.652. The van der Waals surface area contributed by atoms with Crippen molar-refractivity contribution >= 4 is 17.5 Å². The Morgan fingerprint density at radius 2 is 2.29 bits per heavy atom. The lowest BCUT2D eigenvalue weighted by molar-refractivity contribution is -0.114. The molecule has 0 spiro atoms. The molecular formula is C8H12N4O2. The summed E-state index contributed by atoms with van der Waals surface area (Å²) in [7, 11) is 0. The number of aryl methyl sites for hydroxylation is 1. The molecule has 0 atom stereocenters. The molecule has 0 saturated carbocycles. The zero-order valence-corrected chi connectivity index (χ0v) is 8.07. The van der Waals surface area contributed by atoms with Gasteiger partial charge < -0.3 is 11.1 Å². The average Bonchev–Trinajstić information content (AvgIpc) is 2.46. The van der Waals surface area contributed by atoms with E-state index in [-0.39, 0.29) is 11.6 Å². The Hall–Kier alpha value is -1.85. The predicted octanol–water partition coefficient (Wildman–Crippen LogP) is -0.0397. The van der Waals surface area contributed by atoms with Gasteiger partial charge in [0.15, 0.2) is 5.69 Å². The van der Waals surface area contributed by atoms with Gasteiger partial charge in [-0.15, -0.1) is 0 Å². The number of carbonyl (C=O) groups is 2. The number of primary amides is 1. The molecule has 1 rings (SSSR count). The Kier molecular flexibility index (Phi) is 2.85. The number of rotatable bonds is 3. The fourth-order valence-electron chi connectivity index (χ4n) is 1.05. The van der Waals surface area contributed by atoms with Crippen molar-refractivity contribution in [2.24, 2.45) is 5.73 Å². The fraction of sp³-hybridized carbons (Fsp3) is 0.375. The van der Waals surface area contributed by atoms with Crippen LogP contribution in [0.3, 0.4) is 0 Å². The van der Waals surface area contributed by atoms with Gasteiger partial charge in [0, 0.05) is 19.7 Å². The van der Waals surface area contributed by atoms with E-state index in [2.05, 4.69) is 10.4 Å². The highest BCUT2D eigenvalue weighted by atomic mass is 16.2. The number of hydrogen-bond donors (Lipinski definition) is 2. The first-order chi connectivity index (χ1) is 6.54. The Morgan fingerprint density at radius 3 is 2.71 bits per heavy atom. The van der Waals surface area contributed by atoms with E-state index >= 15 is 0 Å². The third-order valence-corrected chi connectivity index (χ3v) is 1.63. The molecule has 0 saturated heterocycles. The first kappa shape index (κ1) is 10.2. The number of hydrogen-bond acceptors (Lipinski definition) is 3. The van der Waals surface area contributed by atoms with Crippen molar-refractivity contribution in [3.05, 3.63) is 11.9 Å². The van der Waals surface area contributed by atoms with Gasteiger partial charge in [0.05, 0.1) is 5.69 Å². The van der Waals surface area contributed by atoms with Crippen LogP contribution in [0.1, 0.15) is 24.3 Å². The number of carbonyl (C=O) groups excluding carboxylic acids is 2. The predicted molar refractivity (Wildman–Crippen MR) is 50.7 cm³/mol. The van der Waals surface area contributed by atoms with Crippen molar-refractivity contribution < 1.29 is 9.59 Å². The summed E-state index contributed by atoms with van der Waals surface area (Å²) in [5, 5.41) is 6.40. The van der Waals surface area contributed by atoms with Crippen LogP contribution < -0.4 is 11.1 Å². The molecule has 1 aromatic heterocycles. The summed E-state index contributed by atoms with van der Waals surface area (Å²) < 4.78 is 1.53. The third-order valence-electron chi connectivity index (χ3n) is 1.63. The largest absolute Gasteiger partial charge is 0.364 e. The van der Waals surface area contributed by atoms with Crippen molar-refractivity contribution in [2.45, 2.75) is 20.4 Å². The summed E-state index contributed by atoms with van der Waals surface area (Å²) in [4.78, 5) is 21.7. The van der Waals surface area contributed by atoms with Crippen LogP contribution in [0.5, 0.6) is 0 Å². The molecule has 1 heterocycles. The topological polar surface area (TPSA) is 90.0 Å². The molecule has 0 bridgehead atoms. The zero-order chi connectivity index (χ0) is 10.7. The van der Waals surface area contributed by atoms with E-state index in [1.54, 1.807) is 6.20 Å². The number of aromatic nitrogens is 2. The van der Waals surface area contributed by atoms with Crippen molar-refractivity contribution in [1.82, 2.24) is 9.78 Å². The second-order valence-corrected chi connectivity index (χ2v) is 2.79. The lowest BCUT2D eigenvalue weighted by atomic mass is 10.3. The van der Waals surface area contributed by atoms with Gasteiger partial charge in [0.25, 0.3) is 5.91 Å². The minimum absolute atomic E-state index is 0.0852. The first-order valence-corrected chi connectivity index (χ1v) is 4.19. The monoisotopic (exact) mass is 196 g/mol. The van der Waals surface area contributed by atoms with Gasteiger partial charge in [0.2, 0.25) is 5.91 Å². The first-order valence-electron chi connectivity index (χ1n) is 4.19. The van der Waals surface area contributed by atoms with E-state index in [0.29, 0.717) is 12.2 Å². The van der Waals surface area contributed by atoms with Gasteiger partial charge in [-0.3, -0.25) is 14.3 Å². The van der Waals surface area contributed by atoms with E-state index in [4.69, 9.17) is 5.73 Å². The van der Waals surface area contributed by atoms with E-state index in [9.17, 15) is 9.59 Å². The quantitative estimate of drug-likeness (QED) is 0.710. The molecule has 14 heavy (non-hydrogen) atoms. The number of anilines is 1. The lowest BCUT2D eigenvalue weighted by Gasteiger charge is -1.97. The number of nitrogens with one attached hydrogen (secondary N) is 1. The molecule has 0 aliphatic heterocycles. The smallest absolute Gasteiger partial charge is 0.271 e. The second kappa shape index (κ2) is 3.91. The van der Waals surface area contributed by atoms with E-state index in [1.165, 1.54) is 11.6 Å². The molecule has 0 fully saturated rings. The molecule has 0 aromatic carbocycles. The van der Waals surface area contributed by atoms with Crippen LogP contribution in [-0.4, -0.2) is 21.6 Å². The molecule has 6 nitrogen and oxygen atoms in total. The Labute approximate surface area is 81.1 Å². The normalized spacial score (nSPS) is 9.86.